The lowest BCUT2D eigenvalue weighted by atomic mass is 9.83. The molecule has 2 atom stereocenters. The molecule has 0 amide bonds. The van der Waals surface area contributed by atoms with Gasteiger partial charge in [-0.1, -0.05) is 26.7 Å². The number of rotatable bonds is 2. The summed E-state index contributed by atoms with van der Waals surface area (Å²) < 4.78 is 0. The number of hydrogen-bond acceptors (Lipinski definition) is 2. The average Bonchev–Trinajstić information content (AvgIpc) is 2.31. The van der Waals surface area contributed by atoms with Crippen molar-refractivity contribution in [3.05, 3.63) is 0 Å². The van der Waals surface area contributed by atoms with Crippen LogP contribution in [0.3, 0.4) is 0 Å². The van der Waals surface area contributed by atoms with E-state index in [-0.39, 0.29) is 6.04 Å². The summed E-state index contributed by atoms with van der Waals surface area (Å²) in [5.74, 6) is 0.322. The van der Waals surface area contributed by atoms with Crippen LogP contribution in [0.5, 0.6) is 0 Å². The first-order valence-electron chi connectivity index (χ1n) is 5.51. The van der Waals surface area contributed by atoms with Gasteiger partial charge < -0.3 is 10.4 Å². The van der Waals surface area contributed by atoms with Crippen molar-refractivity contribution in [3.8, 4) is 0 Å². The molecule has 2 nitrogen and oxygen atoms in total. The van der Waals surface area contributed by atoms with Gasteiger partial charge in [-0.25, -0.2) is 0 Å². The second-order valence-electron chi connectivity index (χ2n) is 4.74. The van der Waals surface area contributed by atoms with Crippen LogP contribution in [0.25, 0.3) is 0 Å². The van der Waals surface area contributed by atoms with Gasteiger partial charge in [-0.3, -0.25) is 0 Å². The van der Waals surface area contributed by atoms with Crippen molar-refractivity contribution in [2.45, 2.75) is 58.1 Å². The van der Waals surface area contributed by atoms with E-state index < -0.39 is 5.60 Å². The van der Waals surface area contributed by atoms with Crippen LogP contribution in [0.1, 0.15) is 46.5 Å². The average molecular weight is 185 g/mol. The van der Waals surface area contributed by atoms with Crippen molar-refractivity contribution >= 4 is 0 Å². The summed E-state index contributed by atoms with van der Waals surface area (Å²) in [4.78, 5) is 0. The second kappa shape index (κ2) is 4.43. The molecule has 0 aromatic heterocycles. The van der Waals surface area contributed by atoms with Crippen LogP contribution in [0.15, 0.2) is 0 Å². The molecule has 1 rings (SSSR count). The summed E-state index contributed by atoms with van der Waals surface area (Å²) in [5, 5.41) is 13.7. The molecule has 2 heteroatoms. The van der Waals surface area contributed by atoms with Crippen molar-refractivity contribution in [1.82, 2.24) is 5.32 Å². The molecule has 1 aliphatic rings. The van der Waals surface area contributed by atoms with Gasteiger partial charge in [-0.2, -0.15) is 0 Å². The summed E-state index contributed by atoms with van der Waals surface area (Å²) in [6, 6.07) is 0.287. The SMILES string of the molecule is CC(C)C(C)(O)C1CCCCCN1. The van der Waals surface area contributed by atoms with Gasteiger partial charge >= 0.3 is 0 Å². The van der Waals surface area contributed by atoms with Crippen LogP contribution in [0.4, 0.5) is 0 Å². The Kier molecular flexibility index (Phi) is 3.74. The van der Waals surface area contributed by atoms with Crippen molar-refractivity contribution in [3.63, 3.8) is 0 Å². The van der Waals surface area contributed by atoms with E-state index in [2.05, 4.69) is 19.2 Å². The molecule has 1 aliphatic heterocycles. The second-order valence-corrected chi connectivity index (χ2v) is 4.74. The molecule has 2 N–H and O–H groups in total. The first-order valence-corrected chi connectivity index (χ1v) is 5.51. The van der Waals surface area contributed by atoms with Gasteiger partial charge in [0, 0.05) is 6.04 Å². The monoisotopic (exact) mass is 185 g/mol. The molecule has 13 heavy (non-hydrogen) atoms. The third-order valence-electron chi connectivity index (χ3n) is 3.43. The Balaban J connectivity index is 2.57. The molecule has 0 radical (unpaired) electrons. The van der Waals surface area contributed by atoms with E-state index in [9.17, 15) is 5.11 Å². The Morgan fingerprint density at radius 3 is 2.62 bits per heavy atom. The Bertz CT molecular complexity index is 146. The number of nitrogens with one attached hydrogen (secondary N) is 1. The minimum Gasteiger partial charge on any atom is -0.388 e. The zero-order chi connectivity index (χ0) is 9.90. The fourth-order valence-electron chi connectivity index (χ4n) is 1.93. The smallest absolute Gasteiger partial charge is 0.0794 e. The topological polar surface area (TPSA) is 32.3 Å². The lowest BCUT2D eigenvalue weighted by Crippen LogP contribution is -2.51. The number of aliphatic hydroxyl groups is 1. The molecular formula is C11H23NO. The molecule has 1 saturated heterocycles. The molecule has 0 spiro atoms. The first kappa shape index (κ1) is 11.0. The van der Waals surface area contributed by atoms with Crippen LogP contribution < -0.4 is 5.32 Å². The van der Waals surface area contributed by atoms with E-state index >= 15 is 0 Å². The molecular weight excluding hydrogens is 162 g/mol. The summed E-state index contributed by atoms with van der Waals surface area (Å²) >= 11 is 0. The molecule has 0 aliphatic carbocycles. The van der Waals surface area contributed by atoms with Gasteiger partial charge in [0.05, 0.1) is 5.60 Å². The van der Waals surface area contributed by atoms with Gasteiger partial charge in [-0.15, -0.1) is 0 Å². The largest absolute Gasteiger partial charge is 0.388 e. The molecule has 1 heterocycles. The highest BCUT2D eigenvalue weighted by Gasteiger charge is 2.34. The lowest BCUT2D eigenvalue weighted by Gasteiger charge is -2.36. The summed E-state index contributed by atoms with van der Waals surface area (Å²) in [6.45, 7) is 7.20. The Hall–Kier alpha value is -0.0800. The summed E-state index contributed by atoms with van der Waals surface area (Å²) in [5.41, 5.74) is -0.551. The van der Waals surface area contributed by atoms with Crippen LogP contribution in [0.2, 0.25) is 0 Å². The van der Waals surface area contributed by atoms with Crippen LogP contribution in [-0.4, -0.2) is 23.3 Å². The van der Waals surface area contributed by atoms with E-state index in [1.165, 1.54) is 19.3 Å². The highest BCUT2D eigenvalue weighted by Crippen LogP contribution is 2.25. The fraction of sp³-hybridized carbons (Fsp3) is 1.00. The van der Waals surface area contributed by atoms with Crippen molar-refractivity contribution < 1.29 is 5.11 Å². The van der Waals surface area contributed by atoms with E-state index in [1.54, 1.807) is 0 Å². The third kappa shape index (κ3) is 2.68. The number of hydrogen-bond donors (Lipinski definition) is 2. The zero-order valence-corrected chi connectivity index (χ0v) is 9.14. The normalized spacial score (nSPS) is 29.8. The Labute approximate surface area is 81.7 Å². The predicted octanol–water partition coefficient (Wildman–Crippen LogP) is 1.93. The van der Waals surface area contributed by atoms with Gasteiger partial charge in [0.1, 0.15) is 0 Å². The Morgan fingerprint density at radius 1 is 1.31 bits per heavy atom. The van der Waals surface area contributed by atoms with Gasteiger partial charge in [0.25, 0.3) is 0 Å². The quantitative estimate of drug-likeness (QED) is 0.689. The van der Waals surface area contributed by atoms with E-state index in [1.807, 2.05) is 6.92 Å². The van der Waals surface area contributed by atoms with Crippen LogP contribution in [-0.2, 0) is 0 Å². The molecule has 2 unspecified atom stereocenters. The molecule has 0 aromatic carbocycles. The van der Waals surface area contributed by atoms with Crippen molar-refractivity contribution in [2.24, 2.45) is 5.92 Å². The summed E-state index contributed by atoms with van der Waals surface area (Å²) in [6.07, 6.45) is 4.92. The minimum atomic E-state index is -0.551. The lowest BCUT2D eigenvalue weighted by molar-refractivity contribution is -0.0236. The summed E-state index contributed by atoms with van der Waals surface area (Å²) in [7, 11) is 0. The fourth-order valence-corrected chi connectivity index (χ4v) is 1.93. The predicted molar refractivity (Wildman–Crippen MR) is 55.7 cm³/mol. The van der Waals surface area contributed by atoms with E-state index in [0.717, 1.165) is 13.0 Å². The van der Waals surface area contributed by atoms with Crippen LogP contribution >= 0.6 is 0 Å². The molecule has 78 valence electrons. The molecule has 0 bridgehead atoms. The molecule has 1 fully saturated rings. The maximum Gasteiger partial charge on any atom is 0.0794 e. The zero-order valence-electron chi connectivity index (χ0n) is 9.14. The van der Waals surface area contributed by atoms with Crippen molar-refractivity contribution in [2.75, 3.05) is 6.54 Å². The molecule has 0 aromatic rings. The highest BCUT2D eigenvalue weighted by atomic mass is 16.3. The van der Waals surface area contributed by atoms with E-state index in [4.69, 9.17) is 0 Å². The van der Waals surface area contributed by atoms with Gasteiger partial charge in [-0.05, 0) is 32.2 Å². The maximum atomic E-state index is 10.3. The molecule has 0 saturated carbocycles. The first-order chi connectivity index (χ1) is 6.05. The van der Waals surface area contributed by atoms with Crippen LogP contribution in [0, 0.1) is 5.92 Å². The maximum absolute atomic E-state index is 10.3. The minimum absolute atomic E-state index is 0.287. The Morgan fingerprint density at radius 2 is 2.00 bits per heavy atom. The highest BCUT2D eigenvalue weighted by molar-refractivity contribution is 4.91. The third-order valence-corrected chi connectivity index (χ3v) is 3.43. The van der Waals surface area contributed by atoms with E-state index in [0.29, 0.717) is 5.92 Å². The van der Waals surface area contributed by atoms with Gasteiger partial charge in [0.15, 0.2) is 0 Å². The standard InChI is InChI=1S/C11H23NO/c1-9(2)11(3,13)10-7-5-4-6-8-12-10/h9-10,12-13H,4-8H2,1-3H3. The van der Waals surface area contributed by atoms with Gasteiger partial charge in [0.2, 0.25) is 0 Å². The van der Waals surface area contributed by atoms with Crippen molar-refractivity contribution in [1.29, 1.82) is 0 Å².